The van der Waals surface area contributed by atoms with Gasteiger partial charge in [-0.15, -0.1) is 0 Å². The first kappa shape index (κ1) is 12.8. The lowest BCUT2D eigenvalue weighted by Gasteiger charge is -2.16. The fourth-order valence-electron chi connectivity index (χ4n) is 2.99. The number of hydrogen-bond donors (Lipinski definition) is 0. The second-order valence-electron chi connectivity index (χ2n) is 5.33. The van der Waals surface area contributed by atoms with Crippen LogP contribution in [0.25, 0.3) is 21.8 Å². The molecule has 2 aromatic carbocycles. The van der Waals surface area contributed by atoms with Crippen LogP contribution in [-0.4, -0.2) is 11.8 Å². The van der Waals surface area contributed by atoms with Gasteiger partial charge in [0.1, 0.15) is 0 Å². The Labute approximate surface area is 126 Å². The first-order valence-electron chi connectivity index (χ1n) is 7.06. The number of carbonyl (C=O) groups excluding carboxylic acids is 2. The quantitative estimate of drug-likeness (QED) is 0.299. The molecule has 2 amide bonds. The molecule has 5 nitrogen and oxygen atoms in total. The molecule has 4 rings (SSSR count). The highest BCUT2D eigenvalue weighted by molar-refractivity contribution is 6.23. The van der Waals surface area contributed by atoms with Gasteiger partial charge in [-0.25, -0.2) is 4.90 Å². The van der Waals surface area contributed by atoms with Crippen LogP contribution >= 0.6 is 0 Å². The number of rotatable bonds is 1. The summed E-state index contributed by atoms with van der Waals surface area (Å²) in [7, 11) is 0. The normalized spacial score (nSPS) is 15.2. The Morgan fingerprint density at radius 1 is 0.909 bits per heavy atom. The number of amides is 2. The van der Waals surface area contributed by atoms with Gasteiger partial charge in [-0.05, 0) is 18.2 Å². The van der Waals surface area contributed by atoms with Gasteiger partial charge in [-0.3, -0.25) is 9.59 Å². The molecule has 22 heavy (non-hydrogen) atoms. The number of aromatic nitrogens is 1. The molecule has 3 aromatic rings. The van der Waals surface area contributed by atoms with Crippen molar-refractivity contribution in [3.05, 3.63) is 53.7 Å². The van der Waals surface area contributed by atoms with Gasteiger partial charge >= 0.3 is 0 Å². The molecule has 0 unspecified atom stereocenters. The molecule has 1 saturated heterocycles. The molecule has 0 saturated carbocycles. The van der Waals surface area contributed by atoms with Crippen LogP contribution in [0.4, 0.5) is 5.69 Å². The number of hydrogen-bond acceptors (Lipinski definition) is 3. The summed E-state index contributed by atoms with van der Waals surface area (Å²) in [5, 5.41) is 13.9. The summed E-state index contributed by atoms with van der Waals surface area (Å²) in [6.07, 6.45) is 0.445. The molecule has 0 spiro atoms. The fourth-order valence-corrected chi connectivity index (χ4v) is 2.99. The summed E-state index contributed by atoms with van der Waals surface area (Å²) in [4.78, 5) is 25.2. The minimum Gasteiger partial charge on any atom is -0.618 e. The zero-order chi connectivity index (χ0) is 15.3. The van der Waals surface area contributed by atoms with E-state index in [1.54, 1.807) is 30.3 Å². The standard InChI is InChI=1S/C17H12N2O3/c20-16-8-9-17(21)18(16)14-6-3-7-15-12(14)10-11-4-1-2-5-13(11)19(15)22/h1-7,10H,8-9H2. The smallest absolute Gasteiger partial charge is 0.234 e. The second kappa shape index (κ2) is 4.53. The van der Waals surface area contributed by atoms with Crippen LogP contribution in [0.3, 0.4) is 0 Å². The lowest BCUT2D eigenvalue weighted by Crippen LogP contribution is -2.31. The SMILES string of the molecule is O=C1CCC(=O)N1c1cccc2c1cc1ccccc1[n+]2[O-]. The summed E-state index contributed by atoms with van der Waals surface area (Å²) in [6, 6.07) is 14.2. The molecule has 0 bridgehead atoms. The molecular weight excluding hydrogens is 280 g/mol. The highest BCUT2D eigenvalue weighted by atomic mass is 16.5. The van der Waals surface area contributed by atoms with E-state index in [2.05, 4.69) is 0 Å². The Kier molecular flexibility index (Phi) is 2.63. The van der Waals surface area contributed by atoms with Crippen molar-refractivity contribution in [2.45, 2.75) is 12.8 Å². The van der Waals surface area contributed by atoms with E-state index in [1.807, 2.05) is 18.2 Å². The average Bonchev–Trinajstić information content (AvgIpc) is 2.86. The second-order valence-corrected chi connectivity index (χ2v) is 5.33. The number of imide groups is 1. The number of carbonyl (C=O) groups is 2. The topological polar surface area (TPSA) is 64.3 Å². The van der Waals surface area contributed by atoms with Crippen molar-refractivity contribution >= 4 is 39.3 Å². The van der Waals surface area contributed by atoms with Gasteiger partial charge in [0.25, 0.3) is 0 Å². The van der Waals surface area contributed by atoms with Crippen LogP contribution in [0.1, 0.15) is 12.8 Å². The van der Waals surface area contributed by atoms with Gasteiger partial charge in [0.2, 0.25) is 22.8 Å². The van der Waals surface area contributed by atoms with Crippen LogP contribution in [0, 0.1) is 5.21 Å². The van der Waals surface area contributed by atoms with E-state index in [0.29, 0.717) is 22.1 Å². The van der Waals surface area contributed by atoms with Crippen molar-refractivity contribution in [2.24, 2.45) is 0 Å². The van der Waals surface area contributed by atoms with Gasteiger partial charge in [0, 0.05) is 30.4 Å². The number of para-hydroxylation sites is 1. The Balaban J connectivity index is 2.08. The van der Waals surface area contributed by atoms with Crippen LogP contribution in [-0.2, 0) is 9.59 Å². The molecule has 1 aromatic heterocycles. The van der Waals surface area contributed by atoms with Crippen molar-refractivity contribution in [2.75, 3.05) is 4.90 Å². The third-order valence-corrected chi connectivity index (χ3v) is 4.03. The monoisotopic (exact) mass is 292 g/mol. The Morgan fingerprint density at radius 3 is 2.36 bits per heavy atom. The van der Waals surface area contributed by atoms with E-state index in [-0.39, 0.29) is 24.7 Å². The molecule has 0 atom stereocenters. The first-order chi connectivity index (χ1) is 10.7. The molecule has 2 heterocycles. The molecule has 5 heteroatoms. The molecule has 1 aliphatic rings. The summed E-state index contributed by atoms with van der Waals surface area (Å²) in [5.74, 6) is -0.439. The molecule has 0 aliphatic carbocycles. The van der Waals surface area contributed by atoms with Gasteiger partial charge < -0.3 is 5.21 Å². The number of pyridine rings is 1. The largest absolute Gasteiger partial charge is 0.618 e. The highest BCUT2D eigenvalue weighted by Gasteiger charge is 2.32. The lowest BCUT2D eigenvalue weighted by molar-refractivity contribution is -0.547. The minimum absolute atomic E-state index is 0.219. The van der Waals surface area contributed by atoms with Gasteiger partial charge in [0.05, 0.1) is 11.1 Å². The van der Waals surface area contributed by atoms with E-state index in [1.165, 1.54) is 4.90 Å². The molecule has 108 valence electrons. The van der Waals surface area contributed by atoms with Crippen LogP contribution in [0.2, 0.25) is 0 Å². The van der Waals surface area contributed by atoms with Crippen molar-refractivity contribution in [3.8, 4) is 0 Å². The average molecular weight is 292 g/mol. The Morgan fingerprint density at radius 2 is 1.59 bits per heavy atom. The summed E-state index contributed by atoms with van der Waals surface area (Å²) in [6.45, 7) is 0. The number of nitrogens with zero attached hydrogens (tertiary/aromatic N) is 2. The van der Waals surface area contributed by atoms with Crippen molar-refractivity contribution < 1.29 is 14.3 Å². The third-order valence-electron chi connectivity index (χ3n) is 4.03. The Bertz CT molecular complexity index is 933. The highest BCUT2D eigenvalue weighted by Crippen LogP contribution is 2.31. The predicted octanol–water partition coefficient (Wildman–Crippen LogP) is 2.28. The molecule has 0 radical (unpaired) electrons. The lowest BCUT2D eigenvalue weighted by atomic mass is 10.1. The van der Waals surface area contributed by atoms with Crippen molar-refractivity contribution in [1.82, 2.24) is 0 Å². The molecule has 0 N–H and O–H groups in total. The maximum Gasteiger partial charge on any atom is 0.234 e. The van der Waals surface area contributed by atoms with Crippen LogP contribution < -0.4 is 9.63 Å². The van der Waals surface area contributed by atoms with E-state index >= 15 is 0 Å². The number of fused-ring (bicyclic) bond motifs is 2. The molecule has 1 aliphatic heterocycles. The zero-order valence-electron chi connectivity index (χ0n) is 11.7. The van der Waals surface area contributed by atoms with E-state index in [4.69, 9.17) is 0 Å². The third kappa shape index (κ3) is 1.69. The Hall–Kier alpha value is -2.95. The zero-order valence-corrected chi connectivity index (χ0v) is 11.7. The van der Waals surface area contributed by atoms with Crippen LogP contribution in [0.5, 0.6) is 0 Å². The number of benzene rings is 2. The van der Waals surface area contributed by atoms with Crippen LogP contribution in [0.15, 0.2) is 48.5 Å². The number of anilines is 1. The van der Waals surface area contributed by atoms with Crippen molar-refractivity contribution in [3.63, 3.8) is 0 Å². The fraction of sp³-hybridized carbons (Fsp3) is 0.118. The summed E-state index contributed by atoms with van der Waals surface area (Å²) in [5.41, 5.74) is 1.50. The molecule has 1 fully saturated rings. The van der Waals surface area contributed by atoms with Gasteiger partial charge in [-0.1, -0.05) is 18.2 Å². The van der Waals surface area contributed by atoms with Crippen molar-refractivity contribution in [1.29, 1.82) is 0 Å². The summed E-state index contributed by atoms with van der Waals surface area (Å²) >= 11 is 0. The maximum absolute atomic E-state index is 12.5. The minimum atomic E-state index is -0.219. The molecular formula is C17H12N2O3. The maximum atomic E-state index is 12.5. The van der Waals surface area contributed by atoms with Gasteiger partial charge in [0.15, 0.2) is 0 Å². The first-order valence-corrected chi connectivity index (χ1v) is 7.06. The van der Waals surface area contributed by atoms with E-state index in [9.17, 15) is 14.8 Å². The summed E-state index contributed by atoms with van der Waals surface area (Å²) < 4.78 is 0.846. The predicted molar refractivity (Wildman–Crippen MR) is 82.1 cm³/mol. The van der Waals surface area contributed by atoms with E-state index in [0.717, 1.165) is 10.1 Å². The van der Waals surface area contributed by atoms with Gasteiger partial charge in [-0.2, -0.15) is 4.73 Å². The van der Waals surface area contributed by atoms with E-state index < -0.39 is 0 Å².